The molecular formula is C22H18ClN3O4. The van der Waals surface area contributed by atoms with E-state index in [1.165, 1.54) is 4.90 Å². The van der Waals surface area contributed by atoms with Crippen molar-refractivity contribution >= 4 is 29.4 Å². The zero-order valence-electron chi connectivity index (χ0n) is 15.9. The fourth-order valence-corrected chi connectivity index (χ4v) is 3.38. The number of aromatic nitrogens is 2. The van der Waals surface area contributed by atoms with Gasteiger partial charge in [0, 0.05) is 17.1 Å². The van der Waals surface area contributed by atoms with E-state index in [1.807, 2.05) is 12.1 Å². The second-order valence-electron chi connectivity index (χ2n) is 6.82. The van der Waals surface area contributed by atoms with Crippen molar-refractivity contribution in [3.63, 3.8) is 0 Å². The number of ether oxygens (including phenoxy) is 1. The highest BCUT2D eigenvalue weighted by Gasteiger charge is 2.34. The molecule has 0 spiro atoms. The number of nitrogens with one attached hydrogen (secondary N) is 1. The minimum Gasteiger partial charge on any atom is -0.461 e. The molecule has 3 aromatic rings. The summed E-state index contributed by atoms with van der Waals surface area (Å²) in [6.07, 6.45) is 1.06. The van der Waals surface area contributed by atoms with Crippen molar-refractivity contribution in [3.8, 4) is 11.3 Å². The molecule has 0 saturated heterocycles. The van der Waals surface area contributed by atoms with Crippen LogP contribution >= 0.6 is 11.6 Å². The van der Waals surface area contributed by atoms with Crippen LogP contribution in [0.3, 0.4) is 0 Å². The molecule has 0 aliphatic carbocycles. The van der Waals surface area contributed by atoms with Gasteiger partial charge in [-0.1, -0.05) is 35.9 Å². The van der Waals surface area contributed by atoms with E-state index >= 15 is 0 Å². The average Bonchev–Trinajstić information content (AvgIpc) is 3.34. The highest BCUT2D eigenvalue weighted by Crippen LogP contribution is 2.23. The number of nitrogens with zero attached hydrogens (tertiary/aromatic N) is 2. The Kier molecular flexibility index (Phi) is 5.63. The van der Waals surface area contributed by atoms with Gasteiger partial charge in [0.1, 0.15) is 5.69 Å². The summed E-state index contributed by atoms with van der Waals surface area (Å²) in [5.41, 5.74) is 2.56. The predicted octanol–water partition coefficient (Wildman–Crippen LogP) is 3.96. The summed E-state index contributed by atoms with van der Waals surface area (Å²) in [6, 6.07) is 15.5. The van der Waals surface area contributed by atoms with Gasteiger partial charge in [-0.05, 0) is 43.2 Å². The molecule has 8 heteroatoms. The SMILES string of the molecule is O=C(OCCCCN1C(=O)c2ccccc2C1=O)c1cc(-c2ccc(Cl)cc2)n[nH]1. The summed E-state index contributed by atoms with van der Waals surface area (Å²) >= 11 is 5.88. The number of imide groups is 1. The van der Waals surface area contributed by atoms with Crippen molar-refractivity contribution in [2.45, 2.75) is 12.8 Å². The second kappa shape index (κ2) is 8.51. The number of unbranched alkanes of at least 4 members (excludes halogenated alkanes) is 1. The lowest BCUT2D eigenvalue weighted by molar-refractivity contribution is 0.0479. The van der Waals surface area contributed by atoms with Gasteiger partial charge >= 0.3 is 5.97 Å². The lowest BCUT2D eigenvalue weighted by atomic mass is 10.1. The number of halogens is 1. The van der Waals surface area contributed by atoms with E-state index in [0.717, 1.165) is 5.56 Å². The summed E-state index contributed by atoms with van der Waals surface area (Å²) < 4.78 is 5.26. The van der Waals surface area contributed by atoms with Crippen LogP contribution in [-0.4, -0.2) is 46.0 Å². The first-order valence-electron chi connectivity index (χ1n) is 9.48. The van der Waals surface area contributed by atoms with Crippen molar-refractivity contribution in [2.24, 2.45) is 0 Å². The molecule has 0 unspecified atom stereocenters. The van der Waals surface area contributed by atoms with Gasteiger partial charge in [-0.15, -0.1) is 0 Å². The number of carbonyl (C=O) groups excluding carboxylic acids is 3. The van der Waals surface area contributed by atoms with E-state index in [0.29, 0.717) is 34.7 Å². The Morgan fingerprint density at radius 2 is 1.67 bits per heavy atom. The van der Waals surface area contributed by atoms with Crippen LogP contribution in [0.4, 0.5) is 0 Å². The zero-order chi connectivity index (χ0) is 21.1. The number of carbonyl (C=O) groups is 3. The third kappa shape index (κ3) is 3.97. The third-order valence-electron chi connectivity index (χ3n) is 4.83. The molecule has 7 nitrogen and oxygen atoms in total. The van der Waals surface area contributed by atoms with Crippen molar-refractivity contribution in [1.82, 2.24) is 15.1 Å². The number of rotatable bonds is 7. The minimum absolute atomic E-state index is 0.178. The highest BCUT2D eigenvalue weighted by atomic mass is 35.5. The van der Waals surface area contributed by atoms with Crippen LogP contribution in [0.2, 0.25) is 5.02 Å². The Labute approximate surface area is 177 Å². The van der Waals surface area contributed by atoms with E-state index in [1.54, 1.807) is 42.5 Å². The number of aromatic amines is 1. The smallest absolute Gasteiger partial charge is 0.356 e. The Hall–Kier alpha value is -3.45. The number of benzene rings is 2. The van der Waals surface area contributed by atoms with Crippen LogP contribution in [0.1, 0.15) is 44.0 Å². The molecule has 2 aromatic carbocycles. The molecule has 30 heavy (non-hydrogen) atoms. The van der Waals surface area contributed by atoms with Gasteiger partial charge in [-0.3, -0.25) is 19.6 Å². The summed E-state index contributed by atoms with van der Waals surface area (Å²) in [7, 11) is 0. The molecule has 0 saturated carbocycles. The fourth-order valence-electron chi connectivity index (χ4n) is 3.25. The Bertz CT molecular complexity index is 1070. The van der Waals surface area contributed by atoms with Crippen LogP contribution in [-0.2, 0) is 4.74 Å². The molecule has 0 bridgehead atoms. The van der Waals surface area contributed by atoms with Crippen LogP contribution in [0.15, 0.2) is 54.6 Å². The molecule has 1 aromatic heterocycles. The number of fused-ring (bicyclic) bond motifs is 1. The van der Waals surface area contributed by atoms with Crippen LogP contribution in [0.25, 0.3) is 11.3 Å². The normalized spacial score (nSPS) is 12.9. The molecule has 0 radical (unpaired) electrons. The number of esters is 1. The van der Waals surface area contributed by atoms with Gasteiger partial charge in [0.05, 0.1) is 23.4 Å². The molecule has 1 aliphatic rings. The molecule has 152 valence electrons. The first-order valence-corrected chi connectivity index (χ1v) is 9.86. The third-order valence-corrected chi connectivity index (χ3v) is 5.08. The molecule has 0 fully saturated rings. The van der Waals surface area contributed by atoms with Gasteiger partial charge < -0.3 is 4.74 Å². The second-order valence-corrected chi connectivity index (χ2v) is 7.26. The maximum absolute atomic E-state index is 12.3. The molecule has 4 rings (SSSR count). The monoisotopic (exact) mass is 423 g/mol. The summed E-state index contributed by atoms with van der Waals surface area (Å²) in [4.78, 5) is 38.0. The topological polar surface area (TPSA) is 92.4 Å². The first kappa shape index (κ1) is 19.8. The van der Waals surface area contributed by atoms with E-state index in [9.17, 15) is 14.4 Å². The number of H-pyrrole nitrogens is 1. The molecule has 2 amide bonds. The van der Waals surface area contributed by atoms with Crippen LogP contribution < -0.4 is 0 Å². The van der Waals surface area contributed by atoms with E-state index < -0.39 is 5.97 Å². The quantitative estimate of drug-likeness (QED) is 0.352. The van der Waals surface area contributed by atoms with Crippen molar-refractivity contribution in [3.05, 3.63) is 76.4 Å². The van der Waals surface area contributed by atoms with Crippen molar-refractivity contribution < 1.29 is 19.1 Å². The number of hydrogen-bond acceptors (Lipinski definition) is 5. The van der Waals surface area contributed by atoms with E-state index in [-0.39, 0.29) is 30.7 Å². The minimum atomic E-state index is -0.511. The zero-order valence-corrected chi connectivity index (χ0v) is 16.7. The number of amides is 2. The van der Waals surface area contributed by atoms with E-state index in [4.69, 9.17) is 16.3 Å². The molecule has 1 N–H and O–H groups in total. The fraction of sp³-hybridized carbons (Fsp3) is 0.182. The maximum Gasteiger partial charge on any atom is 0.356 e. The van der Waals surface area contributed by atoms with Crippen molar-refractivity contribution in [1.29, 1.82) is 0 Å². The van der Waals surface area contributed by atoms with Gasteiger partial charge in [0.25, 0.3) is 11.8 Å². The Balaban J connectivity index is 1.24. The first-order chi connectivity index (χ1) is 14.5. The molecular weight excluding hydrogens is 406 g/mol. The largest absolute Gasteiger partial charge is 0.461 e. The van der Waals surface area contributed by atoms with Gasteiger partial charge in [0.2, 0.25) is 0 Å². The van der Waals surface area contributed by atoms with Crippen molar-refractivity contribution in [2.75, 3.05) is 13.2 Å². The average molecular weight is 424 g/mol. The summed E-state index contributed by atoms with van der Waals surface area (Å²) in [6.45, 7) is 0.464. The van der Waals surface area contributed by atoms with E-state index in [2.05, 4.69) is 10.2 Å². The van der Waals surface area contributed by atoms with Crippen LogP contribution in [0.5, 0.6) is 0 Å². The van der Waals surface area contributed by atoms with Gasteiger partial charge in [-0.2, -0.15) is 5.10 Å². The Morgan fingerprint density at radius 1 is 1.00 bits per heavy atom. The predicted molar refractivity (Wildman–Crippen MR) is 110 cm³/mol. The maximum atomic E-state index is 12.3. The molecule has 2 heterocycles. The standard InChI is InChI=1S/C22H18ClN3O4/c23-15-9-7-14(8-10-15)18-13-19(25-24-18)22(29)30-12-4-3-11-26-20(27)16-5-1-2-6-17(16)21(26)28/h1-2,5-10,13H,3-4,11-12H2,(H,24,25). The highest BCUT2D eigenvalue weighted by molar-refractivity contribution is 6.30. The van der Waals surface area contributed by atoms with Gasteiger partial charge in [-0.25, -0.2) is 4.79 Å². The van der Waals surface area contributed by atoms with Gasteiger partial charge in [0.15, 0.2) is 0 Å². The number of hydrogen-bond donors (Lipinski definition) is 1. The lowest BCUT2D eigenvalue weighted by Gasteiger charge is -2.13. The van der Waals surface area contributed by atoms with Crippen LogP contribution in [0, 0.1) is 0 Å². The summed E-state index contributed by atoms with van der Waals surface area (Å²) in [5, 5.41) is 7.41. The lowest BCUT2D eigenvalue weighted by Crippen LogP contribution is -2.30. The molecule has 1 aliphatic heterocycles. The summed E-state index contributed by atoms with van der Waals surface area (Å²) in [5.74, 6) is -1.07. The Morgan fingerprint density at radius 3 is 2.33 bits per heavy atom. The molecule has 0 atom stereocenters.